The van der Waals surface area contributed by atoms with Crippen LogP contribution in [0, 0.1) is 6.92 Å². The maximum Gasteiger partial charge on any atom is 0.316 e. The first kappa shape index (κ1) is 17.9. The van der Waals surface area contributed by atoms with Crippen molar-refractivity contribution in [3.8, 4) is 11.7 Å². The lowest BCUT2D eigenvalue weighted by molar-refractivity contribution is 0.150. The summed E-state index contributed by atoms with van der Waals surface area (Å²) in [5.41, 5.74) is 2.60. The highest BCUT2D eigenvalue weighted by atomic mass is 19.3. The maximum atomic E-state index is 13.0. The molecule has 0 unspecified atom stereocenters. The van der Waals surface area contributed by atoms with Gasteiger partial charge in [0.05, 0.1) is 11.9 Å². The van der Waals surface area contributed by atoms with E-state index in [4.69, 9.17) is 4.74 Å². The largest absolute Gasteiger partial charge is 0.457 e. The summed E-state index contributed by atoms with van der Waals surface area (Å²) in [4.78, 5) is 8.30. The Bertz CT molecular complexity index is 878. The number of ether oxygens (including phenoxy) is 1. The topological polar surface area (TPSA) is 65.7 Å². The van der Waals surface area contributed by atoms with Crippen LogP contribution in [0.4, 0.5) is 8.78 Å². The monoisotopic (exact) mass is 359 g/mol. The van der Waals surface area contributed by atoms with Crippen molar-refractivity contribution in [2.45, 2.75) is 39.7 Å². The average Bonchev–Trinajstić information content (AvgIpc) is 3.09. The van der Waals surface area contributed by atoms with E-state index in [2.05, 4.69) is 34.1 Å². The minimum absolute atomic E-state index is 0.0190. The number of halogens is 2. The first-order valence-electron chi connectivity index (χ1n) is 8.19. The van der Waals surface area contributed by atoms with Crippen molar-refractivity contribution in [3.05, 3.63) is 59.2 Å². The number of aryl methyl sites for hydroxylation is 1. The normalized spacial score (nSPS) is 11.3. The molecule has 26 heavy (non-hydrogen) atoms. The van der Waals surface area contributed by atoms with Crippen LogP contribution in [0.25, 0.3) is 5.69 Å². The molecule has 0 bridgehead atoms. The lowest BCUT2D eigenvalue weighted by Crippen LogP contribution is -2.01. The summed E-state index contributed by atoms with van der Waals surface area (Å²) in [6.45, 7) is 5.90. The molecule has 3 aromatic rings. The second kappa shape index (κ2) is 7.55. The molecule has 2 aromatic heterocycles. The van der Waals surface area contributed by atoms with E-state index in [0.29, 0.717) is 22.9 Å². The van der Waals surface area contributed by atoms with Crippen LogP contribution in [-0.2, 0) is 6.61 Å². The van der Waals surface area contributed by atoms with Crippen LogP contribution < -0.4 is 4.74 Å². The highest BCUT2D eigenvalue weighted by molar-refractivity contribution is 5.40. The van der Waals surface area contributed by atoms with Gasteiger partial charge in [-0.05, 0) is 36.1 Å². The lowest BCUT2D eigenvalue weighted by Gasteiger charge is -2.07. The van der Waals surface area contributed by atoms with Gasteiger partial charge in [-0.25, -0.2) is 23.4 Å². The molecule has 0 aliphatic carbocycles. The molecular weight excluding hydrogens is 340 g/mol. The Balaban J connectivity index is 1.69. The number of hydrogen-bond acceptors (Lipinski definition) is 5. The van der Waals surface area contributed by atoms with Gasteiger partial charge in [0.2, 0.25) is 0 Å². The molecule has 0 saturated heterocycles. The van der Waals surface area contributed by atoms with Crippen molar-refractivity contribution in [2.75, 3.05) is 0 Å². The fourth-order valence-electron chi connectivity index (χ4n) is 2.33. The highest BCUT2D eigenvalue weighted by Crippen LogP contribution is 2.25. The fraction of sp³-hybridized carbons (Fsp3) is 0.333. The first-order chi connectivity index (χ1) is 12.4. The van der Waals surface area contributed by atoms with Crippen molar-refractivity contribution >= 4 is 0 Å². The Labute approximate surface area is 149 Å². The zero-order valence-electron chi connectivity index (χ0n) is 14.7. The third kappa shape index (κ3) is 4.01. The van der Waals surface area contributed by atoms with Gasteiger partial charge in [0.15, 0.2) is 0 Å². The van der Waals surface area contributed by atoms with Crippen LogP contribution in [0.3, 0.4) is 0 Å². The van der Waals surface area contributed by atoms with Crippen molar-refractivity contribution in [1.82, 2.24) is 25.0 Å². The summed E-state index contributed by atoms with van der Waals surface area (Å²) in [7, 11) is 0. The van der Waals surface area contributed by atoms with Gasteiger partial charge in [-0.15, -0.1) is 5.10 Å². The summed E-state index contributed by atoms with van der Waals surface area (Å²) >= 11 is 0. The Morgan fingerprint density at radius 3 is 2.54 bits per heavy atom. The molecule has 6 nitrogen and oxygen atoms in total. The number of nitrogens with zero attached hydrogens (tertiary/aromatic N) is 5. The molecule has 0 radical (unpaired) electrons. The van der Waals surface area contributed by atoms with Crippen molar-refractivity contribution < 1.29 is 13.5 Å². The fourth-order valence-corrected chi connectivity index (χ4v) is 2.33. The summed E-state index contributed by atoms with van der Waals surface area (Å²) in [6.07, 6.45) is 2.54. The molecule has 0 fully saturated rings. The van der Waals surface area contributed by atoms with Crippen molar-refractivity contribution in [3.63, 3.8) is 0 Å². The SMILES string of the molecule is Cc1ccc(-n2cc(COc3ncc(C(C)C)cn3)nn2)cc1C(F)F. The van der Waals surface area contributed by atoms with Gasteiger partial charge in [-0.1, -0.05) is 25.1 Å². The van der Waals surface area contributed by atoms with E-state index in [-0.39, 0.29) is 18.2 Å². The Hall–Kier alpha value is -2.90. The molecule has 0 N–H and O–H groups in total. The van der Waals surface area contributed by atoms with Gasteiger partial charge < -0.3 is 4.74 Å². The molecular formula is C18H19F2N5O. The molecule has 0 amide bonds. The van der Waals surface area contributed by atoms with E-state index < -0.39 is 6.43 Å². The number of benzene rings is 1. The minimum Gasteiger partial charge on any atom is -0.457 e. The molecule has 8 heteroatoms. The van der Waals surface area contributed by atoms with Gasteiger partial charge >= 0.3 is 6.01 Å². The summed E-state index contributed by atoms with van der Waals surface area (Å²) < 4.78 is 33.0. The number of alkyl halides is 2. The van der Waals surface area contributed by atoms with Crippen LogP contribution in [-0.4, -0.2) is 25.0 Å². The van der Waals surface area contributed by atoms with E-state index in [1.165, 1.54) is 10.7 Å². The molecule has 0 saturated carbocycles. The highest BCUT2D eigenvalue weighted by Gasteiger charge is 2.13. The Morgan fingerprint density at radius 2 is 1.88 bits per heavy atom. The average molecular weight is 359 g/mol. The smallest absolute Gasteiger partial charge is 0.316 e. The Kier molecular flexibility index (Phi) is 5.20. The zero-order valence-corrected chi connectivity index (χ0v) is 14.7. The van der Waals surface area contributed by atoms with Crippen LogP contribution in [0.15, 0.2) is 36.8 Å². The third-order valence-electron chi connectivity index (χ3n) is 3.97. The number of aromatic nitrogens is 5. The lowest BCUT2D eigenvalue weighted by atomic mass is 10.1. The number of rotatable bonds is 6. The molecule has 136 valence electrons. The van der Waals surface area contributed by atoms with Crippen molar-refractivity contribution in [1.29, 1.82) is 0 Å². The number of hydrogen-bond donors (Lipinski definition) is 0. The summed E-state index contributed by atoms with van der Waals surface area (Å²) in [6, 6.07) is 5.01. The standard InChI is InChI=1S/C18H19F2N5O/c1-11(2)13-7-21-18(22-8-13)26-10-14-9-25(24-23-14)15-5-4-12(3)16(6-15)17(19)20/h4-9,11,17H,10H2,1-3H3. The van der Waals surface area contributed by atoms with Crippen LogP contribution in [0.2, 0.25) is 0 Å². The van der Waals surface area contributed by atoms with E-state index >= 15 is 0 Å². The van der Waals surface area contributed by atoms with E-state index in [1.54, 1.807) is 37.6 Å². The molecule has 0 spiro atoms. The zero-order chi connectivity index (χ0) is 18.7. The van der Waals surface area contributed by atoms with Gasteiger partial charge in [0, 0.05) is 18.0 Å². The predicted molar refractivity (Wildman–Crippen MR) is 91.5 cm³/mol. The molecule has 1 aromatic carbocycles. The quantitative estimate of drug-likeness (QED) is 0.665. The second-order valence-electron chi connectivity index (χ2n) is 6.24. The van der Waals surface area contributed by atoms with Crippen LogP contribution >= 0.6 is 0 Å². The molecule has 3 rings (SSSR count). The maximum absolute atomic E-state index is 13.0. The van der Waals surface area contributed by atoms with Gasteiger partial charge in [-0.3, -0.25) is 0 Å². The van der Waals surface area contributed by atoms with Crippen LogP contribution in [0.1, 0.15) is 48.6 Å². The van der Waals surface area contributed by atoms with Gasteiger partial charge in [0.25, 0.3) is 6.43 Å². The molecule has 0 atom stereocenters. The van der Waals surface area contributed by atoms with Crippen LogP contribution in [0.5, 0.6) is 6.01 Å². The molecule has 0 aliphatic heterocycles. The third-order valence-corrected chi connectivity index (χ3v) is 3.97. The van der Waals surface area contributed by atoms with E-state index in [0.717, 1.165) is 5.56 Å². The Morgan fingerprint density at radius 1 is 1.15 bits per heavy atom. The minimum atomic E-state index is -2.53. The van der Waals surface area contributed by atoms with Gasteiger partial charge in [0.1, 0.15) is 12.3 Å². The summed E-state index contributed by atoms with van der Waals surface area (Å²) in [5.74, 6) is 0.344. The predicted octanol–water partition coefficient (Wildman–Crippen LogP) is 4.01. The molecule has 2 heterocycles. The summed E-state index contributed by atoms with van der Waals surface area (Å²) in [5, 5.41) is 7.96. The van der Waals surface area contributed by atoms with E-state index in [9.17, 15) is 8.78 Å². The van der Waals surface area contributed by atoms with Gasteiger partial charge in [-0.2, -0.15) is 0 Å². The van der Waals surface area contributed by atoms with Crippen molar-refractivity contribution in [2.24, 2.45) is 0 Å². The first-order valence-corrected chi connectivity index (χ1v) is 8.19. The van der Waals surface area contributed by atoms with E-state index in [1.807, 2.05) is 0 Å². The molecule has 0 aliphatic rings. The second-order valence-corrected chi connectivity index (χ2v) is 6.24.